The number of carbonyl (C=O) groups excluding carboxylic acids is 2. The minimum Gasteiger partial charge on any atom is -0.469 e. The van der Waals surface area contributed by atoms with Gasteiger partial charge < -0.3 is 13.9 Å². The van der Waals surface area contributed by atoms with E-state index in [1.54, 1.807) is 12.1 Å². The third-order valence-corrected chi connectivity index (χ3v) is 3.18. The Balaban J connectivity index is 3.46. The summed E-state index contributed by atoms with van der Waals surface area (Å²) in [5.74, 6) is -1.72. The summed E-state index contributed by atoms with van der Waals surface area (Å²) in [7, 11) is 2.43. The molecular weight excluding hydrogens is 260 g/mol. The van der Waals surface area contributed by atoms with E-state index in [1.807, 2.05) is 0 Å². The minimum atomic E-state index is -1.59. The van der Waals surface area contributed by atoms with Crippen LogP contribution in [0.1, 0.15) is 18.1 Å². The monoisotopic (exact) mass is 278 g/mol. The van der Waals surface area contributed by atoms with Gasteiger partial charge in [0.05, 0.1) is 26.4 Å². The van der Waals surface area contributed by atoms with Gasteiger partial charge >= 0.3 is 11.9 Å². The van der Waals surface area contributed by atoms with E-state index in [1.165, 1.54) is 32.6 Å². The van der Waals surface area contributed by atoms with Crippen LogP contribution in [0.25, 0.3) is 0 Å². The molecule has 0 N–H and O–H groups in total. The Hall–Kier alpha value is -2.30. The number of furan rings is 1. The fraction of sp³-hybridized carbons (Fsp3) is 0.333. The highest BCUT2D eigenvalue weighted by Crippen LogP contribution is 2.42. The average molecular weight is 278 g/mol. The van der Waals surface area contributed by atoms with E-state index in [9.17, 15) is 9.59 Å². The molecule has 0 bridgehead atoms. The molecule has 1 atom stereocenters. The van der Waals surface area contributed by atoms with E-state index in [2.05, 4.69) is 13.2 Å². The highest BCUT2D eigenvalue weighted by Gasteiger charge is 2.54. The summed E-state index contributed by atoms with van der Waals surface area (Å²) >= 11 is 0. The average Bonchev–Trinajstić information content (AvgIpc) is 2.99. The third-order valence-electron chi connectivity index (χ3n) is 3.18. The summed E-state index contributed by atoms with van der Waals surface area (Å²) in [6.45, 7) is 7.29. The lowest BCUT2D eigenvalue weighted by Crippen LogP contribution is -2.45. The van der Waals surface area contributed by atoms with Crippen molar-refractivity contribution in [3.8, 4) is 0 Å². The van der Waals surface area contributed by atoms with Crippen LogP contribution in [0.5, 0.6) is 0 Å². The first kappa shape index (κ1) is 15.8. The summed E-state index contributed by atoms with van der Waals surface area (Å²) in [5.41, 5.74) is -1.59. The van der Waals surface area contributed by atoms with Crippen LogP contribution >= 0.6 is 0 Å². The molecule has 0 spiro atoms. The van der Waals surface area contributed by atoms with E-state index in [4.69, 9.17) is 13.9 Å². The number of allylic oxidation sites excluding steroid dienone is 2. The smallest absolute Gasteiger partial charge is 0.324 e. The molecule has 108 valence electrons. The van der Waals surface area contributed by atoms with Gasteiger partial charge in [0, 0.05) is 0 Å². The number of carbonyl (C=O) groups is 2. The maximum atomic E-state index is 12.3. The Morgan fingerprint density at radius 1 is 1.35 bits per heavy atom. The van der Waals surface area contributed by atoms with E-state index < -0.39 is 23.3 Å². The van der Waals surface area contributed by atoms with Crippen LogP contribution in [0.4, 0.5) is 0 Å². The van der Waals surface area contributed by atoms with Crippen molar-refractivity contribution in [3.05, 3.63) is 49.5 Å². The first-order valence-electron chi connectivity index (χ1n) is 6.02. The fourth-order valence-corrected chi connectivity index (χ4v) is 2.25. The van der Waals surface area contributed by atoms with Crippen molar-refractivity contribution in [2.24, 2.45) is 5.41 Å². The minimum absolute atomic E-state index is 0.0454. The molecule has 5 heteroatoms. The van der Waals surface area contributed by atoms with Gasteiger partial charge in [0.2, 0.25) is 0 Å². The van der Waals surface area contributed by atoms with Gasteiger partial charge in [-0.2, -0.15) is 0 Å². The first-order valence-corrected chi connectivity index (χ1v) is 6.02. The summed E-state index contributed by atoms with van der Waals surface area (Å²) in [5, 5.41) is 0. The Morgan fingerprint density at radius 3 is 2.30 bits per heavy atom. The molecule has 0 unspecified atom stereocenters. The Labute approximate surface area is 117 Å². The predicted molar refractivity (Wildman–Crippen MR) is 72.9 cm³/mol. The second kappa shape index (κ2) is 6.75. The van der Waals surface area contributed by atoms with Gasteiger partial charge in [-0.1, -0.05) is 12.2 Å². The predicted octanol–water partition coefficient (Wildman–Crippen LogP) is 2.46. The molecule has 0 aliphatic rings. The molecule has 0 radical (unpaired) electrons. The zero-order valence-electron chi connectivity index (χ0n) is 11.6. The summed E-state index contributed by atoms with van der Waals surface area (Å²) in [4.78, 5) is 24.5. The molecule has 0 aliphatic carbocycles. The van der Waals surface area contributed by atoms with Crippen LogP contribution in [0.2, 0.25) is 0 Å². The molecule has 0 fully saturated rings. The topological polar surface area (TPSA) is 65.7 Å². The van der Waals surface area contributed by atoms with Gasteiger partial charge in [0.1, 0.15) is 5.76 Å². The third kappa shape index (κ3) is 2.52. The number of rotatable bonds is 7. The number of hydrogen-bond donors (Lipinski definition) is 0. The van der Waals surface area contributed by atoms with E-state index in [0.717, 1.165) is 0 Å². The Morgan fingerprint density at radius 2 is 1.95 bits per heavy atom. The van der Waals surface area contributed by atoms with Crippen LogP contribution in [0.3, 0.4) is 0 Å². The zero-order chi connectivity index (χ0) is 15.2. The highest BCUT2D eigenvalue weighted by atomic mass is 16.5. The summed E-state index contributed by atoms with van der Waals surface area (Å²) < 4.78 is 14.9. The molecule has 20 heavy (non-hydrogen) atoms. The molecule has 1 aromatic heterocycles. The summed E-state index contributed by atoms with van der Waals surface area (Å²) in [6.07, 6.45) is 4.44. The van der Waals surface area contributed by atoms with Crippen molar-refractivity contribution in [1.29, 1.82) is 0 Å². The van der Waals surface area contributed by atoms with Crippen molar-refractivity contribution in [2.75, 3.05) is 14.2 Å². The van der Waals surface area contributed by atoms with Crippen LogP contribution in [0.15, 0.2) is 48.1 Å². The van der Waals surface area contributed by atoms with Crippen LogP contribution < -0.4 is 0 Å². The second-order valence-corrected chi connectivity index (χ2v) is 4.18. The zero-order valence-corrected chi connectivity index (χ0v) is 11.6. The lowest BCUT2D eigenvalue weighted by Gasteiger charge is -2.32. The van der Waals surface area contributed by atoms with Gasteiger partial charge in [0.15, 0.2) is 5.41 Å². The molecule has 0 saturated carbocycles. The van der Waals surface area contributed by atoms with Gasteiger partial charge in [-0.15, -0.1) is 13.2 Å². The van der Waals surface area contributed by atoms with E-state index >= 15 is 0 Å². The molecule has 1 aromatic rings. The SMILES string of the molecule is C=CCC(C(=O)OC)(C(=O)OC)[C@H](C=C)c1ccco1. The largest absolute Gasteiger partial charge is 0.469 e. The molecule has 5 nitrogen and oxygen atoms in total. The van der Waals surface area contributed by atoms with Crippen molar-refractivity contribution in [2.45, 2.75) is 12.3 Å². The normalized spacial score (nSPS) is 12.3. The van der Waals surface area contributed by atoms with Crippen molar-refractivity contribution < 1.29 is 23.5 Å². The van der Waals surface area contributed by atoms with Crippen LogP contribution in [-0.2, 0) is 19.1 Å². The van der Waals surface area contributed by atoms with Crippen LogP contribution in [0, 0.1) is 5.41 Å². The summed E-state index contributed by atoms with van der Waals surface area (Å²) in [6, 6.07) is 3.33. The molecule has 1 rings (SSSR count). The lowest BCUT2D eigenvalue weighted by atomic mass is 9.71. The molecule has 1 heterocycles. The molecule has 0 aromatic carbocycles. The molecule has 0 amide bonds. The van der Waals surface area contributed by atoms with Crippen molar-refractivity contribution in [1.82, 2.24) is 0 Å². The maximum absolute atomic E-state index is 12.3. The second-order valence-electron chi connectivity index (χ2n) is 4.18. The lowest BCUT2D eigenvalue weighted by molar-refractivity contribution is -0.170. The molecular formula is C15H18O5. The Bertz CT molecular complexity index is 470. The number of esters is 2. The first-order chi connectivity index (χ1) is 9.58. The van der Waals surface area contributed by atoms with Gasteiger partial charge in [-0.05, 0) is 18.6 Å². The van der Waals surface area contributed by atoms with Gasteiger partial charge in [-0.25, -0.2) is 0 Å². The highest BCUT2D eigenvalue weighted by molar-refractivity contribution is 6.01. The standard InChI is InChI=1S/C15H18O5/c1-5-9-15(13(16)18-3,14(17)19-4)11(6-2)12-8-7-10-20-12/h5-8,10-11H,1-2,9H2,3-4H3/t11-/m1/s1. The quantitative estimate of drug-likeness (QED) is 0.435. The Kier molecular flexibility index (Phi) is 5.32. The van der Waals surface area contributed by atoms with Gasteiger partial charge in [0.25, 0.3) is 0 Å². The molecule has 0 saturated heterocycles. The number of methoxy groups -OCH3 is 2. The molecule has 0 aliphatic heterocycles. The number of hydrogen-bond acceptors (Lipinski definition) is 5. The number of ether oxygens (including phenoxy) is 2. The van der Waals surface area contributed by atoms with Crippen molar-refractivity contribution in [3.63, 3.8) is 0 Å². The maximum Gasteiger partial charge on any atom is 0.324 e. The van der Waals surface area contributed by atoms with Crippen LogP contribution in [-0.4, -0.2) is 26.2 Å². The van der Waals surface area contributed by atoms with E-state index in [0.29, 0.717) is 5.76 Å². The fourth-order valence-electron chi connectivity index (χ4n) is 2.25. The van der Waals surface area contributed by atoms with Gasteiger partial charge in [-0.3, -0.25) is 9.59 Å². The van der Waals surface area contributed by atoms with E-state index in [-0.39, 0.29) is 6.42 Å². The van der Waals surface area contributed by atoms with Crippen molar-refractivity contribution >= 4 is 11.9 Å².